The third kappa shape index (κ3) is 0.609. The predicted octanol–water partition coefficient (Wildman–Crippen LogP) is 0.361. The summed E-state index contributed by atoms with van der Waals surface area (Å²) in [6, 6.07) is 0. The Balaban J connectivity index is 2.43. The quantitative estimate of drug-likeness (QED) is 0.562. The first-order chi connectivity index (χ1) is 4.79. The summed E-state index contributed by atoms with van der Waals surface area (Å²) < 4.78 is 2.00. The summed E-state index contributed by atoms with van der Waals surface area (Å²) >= 11 is 0. The minimum atomic E-state index is -0.233. The van der Waals surface area contributed by atoms with Crippen molar-refractivity contribution >= 4 is 0 Å². The lowest BCUT2D eigenvalue weighted by Gasteiger charge is -2.03. The van der Waals surface area contributed by atoms with E-state index >= 15 is 0 Å². The summed E-state index contributed by atoms with van der Waals surface area (Å²) in [6.45, 7) is 2.70. The van der Waals surface area contributed by atoms with Gasteiger partial charge in [0.2, 0.25) is 0 Å². The van der Waals surface area contributed by atoms with Crippen LogP contribution in [0.1, 0.15) is 18.7 Å². The number of aromatic nitrogens is 2. The Morgan fingerprint density at radius 1 is 1.80 bits per heavy atom. The molecule has 0 aliphatic carbocycles. The maximum Gasteiger partial charge on any atom is 0.114 e. The smallest absolute Gasteiger partial charge is 0.114 e. The molecule has 1 aliphatic heterocycles. The van der Waals surface area contributed by atoms with Gasteiger partial charge in [0.25, 0.3) is 0 Å². The maximum absolute atomic E-state index is 9.35. The lowest BCUT2D eigenvalue weighted by molar-refractivity contribution is 0.153. The van der Waals surface area contributed by atoms with Crippen molar-refractivity contribution in [2.75, 3.05) is 0 Å². The van der Waals surface area contributed by atoms with Crippen molar-refractivity contribution in [1.29, 1.82) is 0 Å². The van der Waals surface area contributed by atoms with Gasteiger partial charge in [-0.1, -0.05) is 6.92 Å². The van der Waals surface area contributed by atoms with Crippen molar-refractivity contribution in [3.8, 4) is 0 Å². The van der Waals surface area contributed by atoms with Crippen molar-refractivity contribution in [2.45, 2.75) is 25.5 Å². The van der Waals surface area contributed by atoms with Gasteiger partial charge >= 0.3 is 0 Å². The van der Waals surface area contributed by atoms with E-state index in [1.54, 1.807) is 6.20 Å². The largest absolute Gasteiger partial charge is 0.391 e. The highest BCUT2D eigenvalue weighted by Gasteiger charge is 2.27. The van der Waals surface area contributed by atoms with Gasteiger partial charge in [0, 0.05) is 18.3 Å². The molecule has 0 fully saturated rings. The molecule has 2 rings (SSSR count). The van der Waals surface area contributed by atoms with Crippen molar-refractivity contribution < 1.29 is 5.11 Å². The first-order valence-corrected chi connectivity index (χ1v) is 3.48. The Labute approximate surface area is 59.3 Å². The highest BCUT2D eigenvalue weighted by molar-refractivity contribution is 5.07. The molecule has 0 aromatic carbocycles. The number of aliphatic hydroxyl groups is 1. The van der Waals surface area contributed by atoms with Crippen LogP contribution in [0.4, 0.5) is 0 Å². The maximum atomic E-state index is 9.35. The van der Waals surface area contributed by atoms with Gasteiger partial charge in [-0.3, -0.25) is 0 Å². The van der Waals surface area contributed by atoms with E-state index in [0.29, 0.717) is 6.54 Å². The molecule has 0 radical (unpaired) electrons. The fourth-order valence-corrected chi connectivity index (χ4v) is 1.41. The Morgan fingerprint density at radius 3 is 3.30 bits per heavy atom. The van der Waals surface area contributed by atoms with E-state index in [4.69, 9.17) is 0 Å². The lowest BCUT2D eigenvalue weighted by Crippen LogP contribution is -2.10. The number of hydrogen-bond donors (Lipinski definition) is 1. The number of aliphatic hydroxyl groups excluding tert-OH is 1. The van der Waals surface area contributed by atoms with E-state index in [9.17, 15) is 5.11 Å². The zero-order chi connectivity index (χ0) is 7.14. The molecule has 10 heavy (non-hydrogen) atoms. The van der Waals surface area contributed by atoms with Crippen LogP contribution in [0.5, 0.6) is 0 Å². The highest BCUT2D eigenvalue weighted by Crippen LogP contribution is 2.25. The molecule has 0 bridgehead atoms. The molecular formula is C7H10N2O. The van der Waals surface area contributed by atoms with E-state index in [2.05, 4.69) is 4.98 Å². The molecule has 3 heteroatoms. The second-order valence-electron chi connectivity index (χ2n) is 2.79. The van der Waals surface area contributed by atoms with Gasteiger partial charge in [-0.05, 0) is 0 Å². The molecule has 1 N–H and O–H groups in total. The molecule has 0 amide bonds. The Hall–Kier alpha value is -0.830. The van der Waals surface area contributed by atoms with Gasteiger partial charge < -0.3 is 9.67 Å². The summed E-state index contributed by atoms with van der Waals surface area (Å²) in [6.07, 6.45) is 3.45. The third-order valence-corrected chi connectivity index (χ3v) is 2.12. The van der Waals surface area contributed by atoms with Crippen LogP contribution in [-0.4, -0.2) is 20.8 Å². The molecule has 54 valence electrons. The highest BCUT2D eigenvalue weighted by atomic mass is 16.3. The molecule has 2 atom stereocenters. The molecule has 0 saturated carbocycles. The average Bonchev–Trinajstić information content (AvgIpc) is 2.41. The zero-order valence-corrected chi connectivity index (χ0v) is 5.86. The van der Waals surface area contributed by atoms with E-state index in [-0.39, 0.29) is 12.0 Å². The Bertz CT molecular complexity index is 244. The second-order valence-corrected chi connectivity index (χ2v) is 2.79. The lowest BCUT2D eigenvalue weighted by atomic mass is 10.1. The van der Waals surface area contributed by atoms with Crippen molar-refractivity contribution in [2.24, 2.45) is 0 Å². The number of hydrogen-bond acceptors (Lipinski definition) is 2. The van der Waals surface area contributed by atoms with Crippen LogP contribution in [0.25, 0.3) is 0 Å². The monoisotopic (exact) mass is 138 g/mol. The van der Waals surface area contributed by atoms with Gasteiger partial charge in [0.05, 0.1) is 12.6 Å². The molecule has 1 aromatic rings. The Kier molecular flexibility index (Phi) is 1.08. The molecule has 0 saturated heterocycles. The summed E-state index contributed by atoms with van der Waals surface area (Å²) in [5.74, 6) is 1.21. The fraction of sp³-hybridized carbons (Fsp3) is 0.571. The first-order valence-electron chi connectivity index (χ1n) is 3.48. The molecule has 1 aliphatic rings. The van der Waals surface area contributed by atoms with E-state index < -0.39 is 0 Å². The summed E-state index contributed by atoms with van der Waals surface area (Å²) in [7, 11) is 0. The van der Waals surface area contributed by atoms with Crippen molar-refractivity contribution in [3.63, 3.8) is 0 Å². The summed E-state index contributed by atoms with van der Waals surface area (Å²) in [4.78, 5) is 4.13. The first kappa shape index (κ1) is 5.92. The van der Waals surface area contributed by atoms with Crippen LogP contribution in [-0.2, 0) is 6.54 Å². The topological polar surface area (TPSA) is 38.0 Å². The summed E-state index contributed by atoms with van der Waals surface area (Å²) in [5, 5.41) is 9.35. The molecule has 0 unspecified atom stereocenters. The standard InChI is InChI=1S/C7H10N2O/c1-5-6(10)4-9-3-2-8-7(5)9/h2-3,5-6,10H,4H2,1H3/t5-,6+/m0/s1. The molecule has 0 spiro atoms. The van der Waals surface area contributed by atoms with E-state index in [0.717, 1.165) is 5.82 Å². The zero-order valence-electron chi connectivity index (χ0n) is 5.86. The van der Waals surface area contributed by atoms with Gasteiger partial charge in [0.15, 0.2) is 0 Å². The van der Waals surface area contributed by atoms with E-state index in [1.165, 1.54) is 0 Å². The van der Waals surface area contributed by atoms with Crippen molar-refractivity contribution in [1.82, 2.24) is 9.55 Å². The van der Waals surface area contributed by atoms with E-state index in [1.807, 2.05) is 17.7 Å². The Morgan fingerprint density at radius 2 is 2.60 bits per heavy atom. The predicted molar refractivity (Wildman–Crippen MR) is 36.6 cm³/mol. The third-order valence-electron chi connectivity index (χ3n) is 2.12. The van der Waals surface area contributed by atoms with Gasteiger partial charge in [-0.25, -0.2) is 4.98 Å². The molecule has 2 heterocycles. The minimum Gasteiger partial charge on any atom is -0.391 e. The summed E-state index contributed by atoms with van der Waals surface area (Å²) in [5.41, 5.74) is 0. The SMILES string of the molecule is C[C@@H]1c2nccn2C[C@H]1O. The molecule has 3 nitrogen and oxygen atoms in total. The second kappa shape index (κ2) is 1.83. The van der Waals surface area contributed by atoms with Crippen LogP contribution in [0, 0.1) is 0 Å². The minimum absolute atomic E-state index is 0.204. The van der Waals surface area contributed by atoms with Crippen molar-refractivity contribution in [3.05, 3.63) is 18.2 Å². The van der Waals surface area contributed by atoms with Crippen LogP contribution in [0.2, 0.25) is 0 Å². The average molecular weight is 138 g/mol. The number of imidazole rings is 1. The van der Waals surface area contributed by atoms with Crippen LogP contribution in [0.3, 0.4) is 0 Å². The number of rotatable bonds is 0. The van der Waals surface area contributed by atoms with Crippen LogP contribution >= 0.6 is 0 Å². The van der Waals surface area contributed by atoms with Crippen LogP contribution < -0.4 is 0 Å². The molecular weight excluding hydrogens is 128 g/mol. The number of nitrogens with zero attached hydrogens (tertiary/aromatic N) is 2. The normalized spacial score (nSPS) is 30.6. The number of fused-ring (bicyclic) bond motifs is 1. The van der Waals surface area contributed by atoms with Gasteiger partial charge in [0.1, 0.15) is 5.82 Å². The van der Waals surface area contributed by atoms with Crippen LogP contribution in [0.15, 0.2) is 12.4 Å². The molecule has 1 aromatic heterocycles. The van der Waals surface area contributed by atoms with Gasteiger partial charge in [-0.15, -0.1) is 0 Å². The fourth-order valence-electron chi connectivity index (χ4n) is 1.41. The van der Waals surface area contributed by atoms with Gasteiger partial charge in [-0.2, -0.15) is 0 Å².